The maximum atomic E-state index is 4.49. The molecule has 0 aliphatic rings. The Morgan fingerprint density at radius 2 is 2.11 bits per heavy atom. The van der Waals surface area contributed by atoms with Crippen LogP contribution in [0, 0.1) is 6.92 Å². The minimum Gasteiger partial charge on any atom is -0.305 e. The highest BCUT2D eigenvalue weighted by Gasteiger charge is 2.13. The molecule has 0 bridgehead atoms. The summed E-state index contributed by atoms with van der Waals surface area (Å²) in [6.45, 7) is 5.14. The van der Waals surface area contributed by atoms with E-state index in [9.17, 15) is 0 Å². The molecule has 1 heterocycles. The van der Waals surface area contributed by atoms with Crippen molar-refractivity contribution in [3.05, 3.63) is 63.9 Å². The zero-order chi connectivity index (χ0) is 13.0. The number of benzene rings is 1. The minimum atomic E-state index is 0.156. The maximum Gasteiger partial charge on any atom is 0.0751 e. The van der Waals surface area contributed by atoms with Crippen LogP contribution in [0.2, 0.25) is 0 Å². The Balaban J connectivity index is 2.36. The minimum absolute atomic E-state index is 0.156. The number of pyridine rings is 1. The van der Waals surface area contributed by atoms with E-state index in [1.807, 2.05) is 12.3 Å². The molecule has 18 heavy (non-hydrogen) atoms. The molecule has 1 aromatic carbocycles. The van der Waals surface area contributed by atoms with Crippen molar-refractivity contribution in [2.45, 2.75) is 19.9 Å². The van der Waals surface area contributed by atoms with Gasteiger partial charge in [-0.3, -0.25) is 4.98 Å². The summed E-state index contributed by atoms with van der Waals surface area (Å²) in [6.07, 6.45) is 1.84. The first-order valence-electron chi connectivity index (χ1n) is 6.12. The predicted octanol–water partition coefficient (Wildman–Crippen LogP) is 3.85. The third-order valence-corrected chi connectivity index (χ3v) is 3.30. The van der Waals surface area contributed by atoms with Gasteiger partial charge in [-0.15, -0.1) is 0 Å². The van der Waals surface area contributed by atoms with Crippen LogP contribution in [0.15, 0.2) is 47.1 Å². The van der Waals surface area contributed by atoms with Crippen LogP contribution in [0.5, 0.6) is 0 Å². The molecule has 0 aliphatic heterocycles. The molecule has 2 nitrogen and oxygen atoms in total. The fourth-order valence-corrected chi connectivity index (χ4v) is 2.24. The molecule has 0 saturated heterocycles. The summed E-state index contributed by atoms with van der Waals surface area (Å²) in [6, 6.07) is 12.8. The van der Waals surface area contributed by atoms with Crippen molar-refractivity contribution < 1.29 is 0 Å². The van der Waals surface area contributed by atoms with Gasteiger partial charge in [0, 0.05) is 10.7 Å². The number of rotatable bonds is 4. The summed E-state index contributed by atoms with van der Waals surface area (Å²) in [5.41, 5.74) is 3.57. The van der Waals surface area contributed by atoms with Crippen LogP contribution in [0.25, 0.3) is 0 Å². The molecule has 94 valence electrons. The van der Waals surface area contributed by atoms with Crippen LogP contribution < -0.4 is 5.32 Å². The Labute approximate surface area is 117 Å². The molecule has 0 fully saturated rings. The van der Waals surface area contributed by atoms with E-state index in [4.69, 9.17) is 0 Å². The lowest BCUT2D eigenvalue weighted by Crippen LogP contribution is -2.22. The van der Waals surface area contributed by atoms with Gasteiger partial charge >= 0.3 is 0 Å². The maximum absolute atomic E-state index is 4.49. The second-order valence-electron chi connectivity index (χ2n) is 4.31. The number of hydrogen-bond acceptors (Lipinski definition) is 2. The lowest BCUT2D eigenvalue weighted by Gasteiger charge is -2.18. The van der Waals surface area contributed by atoms with Gasteiger partial charge < -0.3 is 5.32 Å². The van der Waals surface area contributed by atoms with Crippen molar-refractivity contribution in [2.75, 3.05) is 6.54 Å². The summed E-state index contributed by atoms with van der Waals surface area (Å²) in [5, 5.41) is 3.48. The molecule has 0 saturated carbocycles. The second-order valence-corrected chi connectivity index (χ2v) is 5.22. The Hall–Kier alpha value is -1.19. The van der Waals surface area contributed by atoms with E-state index >= 15 is 0 Å². The normalized spacial score (nSPS) is 12.4. The van der Waals surface area contributed by atoms with Crippen molar-refractivity contribution in [3.8, 4) is 0 Å². The van der Waals surface area contributed by atoms with E-state index in [1.165, 1.54) is 11.1 Å². The smallest absolute Gasteiger partial charge is 0.0751 e. The van der Waals surface area contributed by atoms with Gasteiger partial charge in [0.15, 0.2) is 0 Å². The van der Waals surface area contributed by atoms with Crippen molar-refractivity contribution in [2.24, 2.45) is 0 Å². The van der Waals surface area contributed by atoms with Gasteiger partial charge in [-0.25, -0.2) is 0 Å². The molecular weight excluding hydrogens is 288 g/mol. The van der Waals surface area contributed by atoms with Crippen molar-refractivity contribution >= 4 is 15.9 Å². The van der Waals surface area contributed by atoms with Gasteiger partial charge in [0.1, 0.15) is 0 Å². The fraction of sp³-hybridized carbons (Fsp3) is 0.267. The lowest BCUT2D eigenvalue weighted by atomic mass is 10.0. The lowest BCUT2D eigenvalue weighted by molar-refractivity contribution is 0.615. The highest BCUT2D eigenvalue weighted by Crippen LogP contribution is 2.22. The molecule has 0 amide bonds. The summed E-state index contributed by atoms with van der Waals surface area (Å²) >= 11 is 3.42. The number of nitrogens with zero attached hydrogens (tertiary/aromatic N) is 1. The zero-order valence-corrected chi connectivity index (χ0v) is 12.2. The van der Waals surface area contributed by atoms with Gasteiger partial charge in [-0.05, 0) is 47.1 Å². The van der Waals surface area contributed by atoms with Crippen molar-refractivity contribution in [3.63, 3.8) is 0 Å². The molecule has 0 aliphatic carbocycles. The Bertz CT molecular complexity index is 508. The van der Waals surface area contributed by atoms with Crippen LogP contribution in [0.1, 0.15) is 29.8 Å². The van der Waals surface area contributed by atoms with E-state index in [0.717, 1.165) is 16.7 Å². The van der Waals surface area contributed by atoms with E-state index in [2.05, 4.69) is 70.4 Å². The first-order chi connectivity index (χ1) is 8.70. The van der Waals surface area contributed by atoms with Crippen LogP contribution >= 0.6 is 15.9 Å². The van der Waals surface area contributed by atoms with E-state index in [-0.39, 0.29) is 6.04 Å². The summed E-state index contributed by atoms with van der Waals surface area (Å²) < 4.78 is 1.01. The highest BCUT2D eigenvalue weighted by atomic mass is 79.9. The number of aryl methyl sites for hydroxylation is 1. The average Bonchev–Trinajstić information content (AvgIpc) is 2.37. The monoisotopic (exact) mass is 304 g/mol. The van der Waals surface area contributed by atoms with Crippen LogP contribution in [-0.2, 0) is 0 Å². The Kier molecular flexibility index (Phi) is 4.50. The van der Waals surface area contributed by atoms with E-state index < -0.39 is 0 Å². The first-order valence-corrected chi connectivity index (χ1v) is 6.91. The summed E-state index contributed by atoms with van der Waals surface area (Å²) in [5.74, 6) is 0. The Morgan fingerprint density at radius 3 is 2.72 bits per heavy atom. The Morgan fingerprint density at radius 1 is 1.28 bits per heavy atom. The molecule has 2 rings (SSSR count). The van der Waals surface area contributed by atoms with Crippen molar-refractivity contribution in [1.82, 2.24) is 10.3 Å². The standard InChI is InChI=1S/C15H17BrN2/c1-3-17-15(12-6-4-5-11(2)9-12)14-8-7-13(16)10-18-14/h4-10,15,17H,3H2,1-2H3. The summed E-state index contributed by atoms with van der Waals surface area (Å²) in [4.78, 5) is 4.49. The van der Waals surface area contributed by atoms with Crippen LogP contribution in [0.4, 0.5) is 0 Å². The van der Waals surface area contributed by atoms with Gasteiger partial charge in [0.2, 0.25) is 0 Å². The SMILES string of the molecule is CCNC(c1cccc(C)c1)c1ccc(Br)cn1. The van der Waals surface area contributed by atoms with E-state index in [0.29, 0.717) is 0 Å². The molecule has 0 radical (unpaired) electrons. The average molecular weight is 305 g/mol. The topological polar surface area (TPSA) is 24.9 Å². The van der Waals surface area contributed by atoms with Gasteiger partial charge in [-0.2, -0.15) is 0 Å². The molecule has 1 N–H and O–H groups in total. The van der Waals surface area contributed by atoms with Crippen LogP contribution in [0.3, 0.4) is 0 Å². The molecule has 0 spiro atoms. The number of hydrogen-bond donors (Lipinski definition) is 1. The number of halogens is 1. The quantitative estimate of drug-likeness (QED) is 0.928. The zero-order valence-electron chi connectivity index (χ0n) is 10.7. The molecular formula is C15H17BrN2. The molecule has 3 heteroatoms. The highest BCUT2D eigenvalue weighted by molar-refractivity contribution is 9.10. The van der Waals surface area contributed by atoms with Gasteiger partial charge in [-0.1, -0.05) is 36.8 Å². The first kappa shape index (κ1) is 13.2. The van der Waals surface area contributed by atoms with E-state index in [1.54, 1.807) is 0 Å². The van der Waals surface area contributed by atoms with Gasteiger partial charge in [0.05, 0.1) is 11.7 Å². The molecule has 1 atom stereocenters. The second kappa shape index (κ2) is 6.12. The molecule has 2 aromatic rings. The van der Waals surface area contributed by atoms with Crippen LogP contribution in [-0.4, -0.2) is 11.5 Å². The number of aromatic nitrogens is 1. The summed E-state index contributed by atoms with van der Waals surface area (Å²) in [7, 11) is 0. The van der Waals surface area contributed by atoms with Gasteiger partial charge in [0.25, 0.3) is 0 Å². The third kappa shape index (κ3) is 3.18. The van der Waals surface area contributed by atoms with Crippen molar-refractivity contribution in [1.29, 1.82) is 0 Å². The number of nitrogens with one attached hydrogen (secondary N) is 1. The third-order valence-electron chi connectivity index (χ3n) is 2.83. The predicted molar refractivity (Wildman–Crippen MR) is 78.6 cm³/mol. The molecule has 1 aromatic heterocycles. The molecule has 1 unspecified atom stereocenters. The fourth-order valence-electron chi connectivity index (χ4n) is 2.01. The largest absolute Gasteiger partial charge is 0.305 e.